The molecule has 4 N–H and O–H groups in total. The van der Waals surface area contributed by atoms with E-state index in [9.17, 15) is 0 Å². The first-order valence-corrected chi connectivity index (χ1v) is 6.83. The van der Waals surface area contributed by atoms with E-state index in [1.165, 1.54) is 24.6 Å². The third-order valence-corrected chi connectivity index (χ3v) is 3.98. The summed E-state index contributed by atoms with van der Waals surface area (Å²) in [5, 5.41) is 2.29. The molecule has 1 fully saturated rings. The lowest BCUT2D eigenvalue weighted by Gasteiger charge is -2.42. The molecule has 0 aromatic heterocycles. The smallest absolute Gasteiger partial charge is 0.204 e. The molecule has 2 aliphatic rings. The first-order valence-electron chi connectivity index (χ1n) is 5.61. The topological polar surface area (TPSA) is 80.0 Å². The highest BCUT2D eigenvalue weighted by Crippen LogP contribution is 2.36. The average molecular weight is 241 g/mol. The molecule has 0 bridgehead atoms. The summed E-state index contributed by atoms with van der Waals surface area (Å²) in [7, 11) is 0. The van der Waals surface area contributed by atoms with Gasteiger partial charge in [-0.15, -0.1) is 0 Å². The van der Waals surface area contributed by atoms with Crippen molar-refractivity contribution < 1.29 is 0 Å². The Labute approximate surface area is 100 Å². The summed E-state index contributed by atoms with van der Waals surface area (Å²) in [4.78, 5) is 8.77. The third kappa shape index (κ3) is 1.85. The molecule has 2 rings (SSSR count). The first kappa shape index (κ1) is 11.9. The molecule has 0 aromatic carbocycles. The van der Waals surface area contributed by atoms with Gasteiger partial charge in [0.05, 0.1) is 0 Å². The van der Waals surface area contributed by atoms with E-state index in [4.69, 9.17) is 11.6 Å². The minimum Gasteiger partial charge on any atom is -0.288 e. The van der Waals surface area contributed by atoms with Crippen molar-refractivity contribution in [2.45, 2.75) is 38.4 Å². The number of aliphatic imine (C=N–C) groups is 2. The predicted octanol–water partition coefficient (Wildman–Crippen LogP) is 1.12. The number of nitrogens with zero attached hydrogens (tertiary/aromatic N) is 3. The lowest BCUT2D eigenvalue weighted by molar-refractivity contribution is 0.112. The van der Waals surface area contributed by atoms with Crippen molar-refractivity contribution in [1.29, 1.82) is 0 Å². The lowest BCUT2D eigenvalue weighted by atomic mass is 9.99. The van der Waals surface area contributed by atoms with Crippen LogP contribution in [0.5, 0.6) is 0 Å². The molecule has 1 unspecified atom stereocenters. The van der Waals surface area contributed by atoms with Crippen molar-refractivity contribution in [1.82, 2.24) is 5.01 Å². The summed E-state index contributed by atoms with van der Waals surface area (Å²) in [5.74, 6) is 6.33. The number of thioether (sulfide) groups is 1. The molecule has 16 heavy (non-hydrogen) atoms. The van der Waals surface area contributed by atoms with E-state index in [1.807, 2.05) is 13.2 Å². The van der Waals surface area contributed by atoms with Gasteiger partial charge in [0.15, 0.2) is 5.17 Å². The Kier molecular flexibility index (Phi) is 3.23. The third-order valence-electron chi connectivity index (χ3n) is 3.33. The van der Waals surface area contributed by atoms with E-state index >= 15 is 0 Å². The molecule has 0 radical (unpaired) electrons. The van der Waals surface area contributed by atoms with Crippen molar-refractivity contribution in [3.8, 4) is 0 Å². The van der Waals surface area contributed by atoms with Gasteiger partial charge >= 0.3 is 0 Å². The molecular formula is C10H19N5S. The molecular weight excluding hydrogens is 222 g/mol. The second kappa shape index (κ2) is 4.35. The maximum atomic E-state index is 6.38. The van der Waals surface area contributed by atoms with Gasteiger partial charge in [-0.25, -0.2) is 20.8 Å². The predicted molar refractivity (Wildman–Crippen MR) is 69.0 cm³/mol. The largest absolute Gasteiger partial charge is 0.288 e. The van der Waals surface area contributed by atoms with Crippen LogP contribution in [0.1, 0.15) is 32.6 Å². The van der Waals surface area contributed by atoms with E-state index in [1.54, 1.807) is 5.01 Å². The van der Waals surface area contributed by atoms with Gasteiger partial charge in [-0.05, 0) is 26.0 Å². The SMILES string of the molecule is CSC1=NC(C)=NC(N)(C2CCCC2)N1N. The van der Waals surface area contributed by atoms with E-state index in [0.29, 0.717) is 5.92 Å². The second-order valence-electron chi connectivity index (χ2n) is 4.39. The molecule has 0 spiro atoms. The molecule has 1 aliphatic heterocycles. The van der Waals surface area contributed by atoms with Crippen LogP contribution < -0.4 is 11.6 Å². The number of nitrogens with two attached hydrogens (primary N) is 2. The molecule has 0 amide bonds. The fraction of sp³-hybridized carbons (Fsp3) is 0.800. The van der Waals surface area contributed by atoms with E-state index in [0.717, 1.165) is 23.8 Å². The Morgan fingerprint density at radius 1 is 1.44 bits per heavy atom. The fourth-order valence-electron chi connectivity index (χ4n) is 2.47. The minimum absolute atomic E-state index is 0.338. The standard InChI is InChI=1S/C10H19N5S/c1-7-13-9(16-2)15(12)10(11,14-7)8-5-3-4-6-8/h8H,3-6,11-12H2,1-2H3. The molecule has 5 nitrogen and oxygen atoms in total. The zero-order valence-corrected chi connectivity index (χ0v) is 10.6. The quantitative estimate of drug-likeness (QED) is 0.674. The van der Waals surface area contributed by atoms with Crippen LogP contribution in [0.4, 0.5) is 0 Å². The van der Waals surface area contributed by atoms with Crippen molar-refractivity contribution in [2.75, 3.05) is 6.26 Å². The lowest BCUT2D eigenvalue weighted by Crippen LogP contribution is -2.65. The Morgan fingerprint density at radius 2 is 2.06 bits per heavy atom. The van der Waals surface area contributed by atoms with Crippen LogP contribution in [0.15, 0.2) is 9.98 Å². The van der Waals surface area contributed by atoms with Crippen molar-refractivity contribution in [3.63, 3.8) is 0 Å². The normalized spacial score (nSPS) is 31.6. The van der Waals surface area contributed by atoms with E-state index in [2.05, 4.69) is 9.98 Å². The molecule has 1 aliphatic carbocycles. The molecule has 1 atom stereocenters. The Balaban J connectivity index is 2.30. The van der Waals surface area contributed by atoms with Crippen molar-refractivity contribution in [3.05, 3.63) is 0 Å². The number of hydrogen-bond acceptors (Lipinski definition) is 6. The van der Waals surface area contributed by atoms with Crippen LogP contribution >= 0.6 is 11.8 Å². The highest BCUT2D eigenvalue weighted by Gasteiger charge is 2.44. The molecule has 1 saturated carbocycles. The van der Waals surface area contributed by atoms with Gasteiger partial charge in [0, 0.05) is 5.92 Å². The number of hydrazine groups is 1. The Hall–Kier alpha value is -0.590. The zero-order chi connectivity index (χ0) is 11.8. The summed E-state index contributed by atoms with van der Waals surface area (Å²) in [5.41, 5.74) is 6.38. The van der Waals surface area contributed by atoms with Gasteiger partial charge in [0.25, 0.3) is 0 Å². The Bertz CT molecular complexity index is 334. The molecule has 1 heterocycles. The van der Waals surface area contributed by atoms with Gasteiger partial charge in [0.2, 0.25) is 5.79 Å². The summed E-state index contributed by atoms with van der Waals surface area (Å²) >= 11 is 1.51. The highest BCUT2D eigenvalue weighted by atomic mass is 32.2. The van der Waals surface area contributed by atoms with Gasteiger partial charge < -0.3 is 0 Å². The van der Waals surface area contributed by atoms with E-state index in [-0.39, 0.29) is 0 Å². The average Bonchev–Trinajstić information content (AvgIpc) is 2.77. The Morgan fingerprint density at radius 3 is 2.62 bits per heavy atom. The minimum atomic E-state index is -0.791. The van der Waals surface area contributed by atoms with Gasteiger partial charge in [0.1, 0.15) is 5.84 Å². The van der Waals surface area contributed by atoms with Gasteiger partial charge in [-0.1, -0.05) is 24.6 Å². The van der Waals surface area contributed by atoms with Crippen LogP contribution in [0.2, 0.25) is 0 Å². The summed E-state index contributed by atoms with van der Waals surface area (Å²) < 4.78 is 0. The van der Waals surface area contributed by atoms with Crippen molar-refractivity contribution in [2.24, 2.45) is 27.5 Å². The zero-order valence-electron chi connectivity index (χ0n) is 9.81. The monoisotopic (exact) mass is 241 g/mol. The molecule has 6 heteroatoms. The second-order valence-corrected chi connectivity index (χ2v) is 5.17. The van der Waals surface area contributed by atoms with Crippen LogP contribution in [-0.2, 0) is 0 Å². The van der Waals surface area contributed by atoms with Crippen molar-refractivity contribution >= 4 is 22.8 Å². The van der Waals surface area contributed by atoms with Gasteiger partial charge in [-0.2, -0.15) is 0 Å². The number of amidine groups is 2. The molecule has 0 aromatic rings. The summed E-state index contributed by atoms with van der Waals surface area (Å²) in [6, 6.07) is 0. The van der Waals surface area contributed by atoms with Crippen LogP contribution in [0.3, 0.4) is 0 Å². The maximum Gasteiger partial charge on any atom is 0.204 e. The van der Waals surface area contributed by atoms with Crippen LogP contribution in [0, 0.1) is 5.92 Å². The number of hydrogen-bond donors (Lipinski definition) is 2. The fourth-order valence-corrected chi connectivity index (χ4v) is 3.03. The molecule has 90 valence electrons. The summed E-state index contributed by atoms with van der Waals surface area (Å²) in [6.07, 6.45) is 6.59. The maximum absolute atomic E-state index is 6.38. The van der Waals surface area contributed by atoms with Crippen LogP contribution in [-0.4, -0.2) is 28.1 Å². The number of rotatable bonds is 1. The van der Waals surface area contributed by atoms with E-state index < -0.39 is 5.79 Å². The summed E-state index contributed by atoms with van der Waals surface area (Å²) in [6.45, 7) is 1.87. The first-order chi connectivity index (χ1) is 7.58. The highest BCUT2D eigenvalue weighted by molar-refractivity contribution is 8.13. The van der Waals surface area contributed by atoms with Crippen LogP contribution in [0.25, 0.3) is 0 Å². The van der Waals surface area contributed by atoms with Gasteiger partial charge in [-0.3, -0.25) is 5.73 Å². The molecule has 0 saturated heterocycles.